The molecule has 2 fully saturated rings. The molecular formula is C42H46N2O3. The van der Waals surface area contributed by atoms with E-state index in [2.05, 4.69) is 90.1 Å². The third-order valence-electron chi connectivity index (χ3n) is 12.7. The fourth-order valence-corrected chi connectivity index (χ4v) is 10.9. The molecule has 5 nitrogen and oxygen atoms in total. The van der Waals surface area contributed by atoms with Gasteiger partial charge in [-0.25, -0.2) is 0 Å². The first kappa shape index (κ1) is 28.6. The van der Waals surface area contributed by atoms with E-state index in [1.165, 1.54) is 48.4 Å². The summed E-state index contributed by atoms with van der Waals surface area (Å²) in [5.74, 6) is 3.19. The lowest BCUT2D eigenvalue weighted by Gasteiger charge is -2.65. The van der Waals surface area contributed by atoms with Gasteiger partial charge in [0.25, 0.3) is 0 Å². The van der Waals surface area contributed by atoms with E-state index >= 15 is 0 Å². The highest BCUT2D eigenvalue weighted by molar-refractivity contribution is 5.67. The third kappa shape index (κ3) is 4.38. The maximum absolute atomic E-state index is 7.32. The van der Waals surface area contributed by atoms with Gasteiger partial charge in [-0.15, -0.1) is 0 Å². The number of allylic oxidation sites excluding steroid dienone is 6. The topological polar surface area (TPSA) is 43.3 Å². The van der Waals surface area contributed by atoms with Gasteiger partial charge in [-0.1, -0.05) is 60.7 Å². The molecule has 10 rings (SSSR count). The van der Waals surface area contributed by atoms with Gasteiger partial charge in [-0.2, -0.15) is 0 Å². The molecule has 5 heteroatoms. The Bertz CT molecular complexity index is 1710. The van der Waals surface area contributed by atoms with E-state index in [1.54, 1.807) is 5.57 Å². The van der Waals surface area contributed by atoms with Gasteiger partial charge in [0.15, 0.2) is 5.75 Å². The number of para-hydroxylation sites is 2. The number of fused-ring (bicyclic) bond motifs is 9. The number of rotatable bonds is 2. The molecule has 5 aliphatic carbocycles. The quantitative estimate of drug-likeness (QED) is 0.307. The second-order valence-electron chi connectivity index (χ2n) is 15.1. The van der Waals surface area contributed by atoms with E-state index in [4.69, 9.17) is 19.2 Å². The van der Waals surface area contributed by atoms with Crippen molar-refractivity contribution >= 4 is 11.9 Å². The zero-order valence-electron chi connectivity index (χ0n) is 27.3. The van der Waals surface area contributed by atoms with Gasteiger partial charge in [0.2, 0.25) is 0 Å². The molecule has 9 atom stereocenters. The van der Waals surface area contributed by atoms with Crippen LogP contribution in [0.1, 0.15) is 77.0 Å². The molecule has 0 aromatic heterocycles. The molecule has 0 N–H and O–H groups in total. The molecule has 0 saturated carbocycles. The van der Waals surface area contributed by atoms with Gasteiger partial charge in [0.05, 0.1) is 47.5 Å². The van der Waals surface area contributed by atoms with Crippen LogP contribution in [0.2, 0.25) is 0 Å². The Labute approximate surface area is 279 Å². The summed E-state index contributed by atoms with van der Waals surface area (Å²) in [4.78, 5) is 7.43. The van der Waals surface area contributed by atoms with Gasteiger partial charge >= 0.3 is 0 Å². The molecule has 242 valence electrons. The lowest BCUT2D eigenvalue weighted by Crippen LogP contribution is -2.66. The van der Waals surface area contributed by atoms with E-state index in [1.807, 2.05) is 0 Å². The zero-order chi connectivity index (χ0) is 31.0. The fraction of sp³-hybridized carbons (Fsp3) is 0.500. The van der Waals surface area contributed by atoms with Crippen LogP contribution in [0.5, 0.6) is 5.75 Å². The standard InChI is InChI=1S/C42H46N2O3/c1-5-16-36-29(11-1)42(31-22-20-27(25-40(31)45-36)33-13-9-10-24-43-33)30-12-2-6-17-37(30)46-41-26-28(21-23-32(41)42)44-34-14-3-7-18-38(34)47-39-19-8-4-15-35(39)44/h3,5,7,12-14,16,18,20-25,28-29,31-32,36-37,40-41H,1-2,4,6,8-11,15,17,19,26H2. The zero-order valence-corrected chi connectivity index (χ0v) is 27.3. The molecule has 0 amide bonds. The molecule has 1 aromatic carbocycles. The molecule has 9 aliphatic rings. The van der Waals surface area contributed by atoms with Crippen LogP contribution in [0.3, 0.4) is 0 Å². The Kier molecular flexibility index (Phi) is 6.90. The second kappa shape index (κ2) is 11.3. The van der Waals surface area contributed by atoms with Gasteiger partial charge in [-0.05, 0) is 106 Å². The van der Waals surface area contributed by atoms with Crippen molar-refractivity contribution in [2.75, 3.05) is 4.90 Å². The minimum absolute atomic E-state index is 0.0199. The van der Waals surface area contributed by atoms with E-state index in [9.17, 15) is 0 Å². The van der Waals surface area contributed by atoms with Crippen molar-refractivity contribution < 1.29 is 14.2 Å². The Morgan fingerprint density at radius 3 is 2.74 bits per heavy atom. The van der Waals surface area contributed by atoms with Crippen LogP contribution in [0.15, 0.2) is 112 Å². The Balaban J connectivity index is 1.09. The minimum atomic E-state index is -0.0330. The Morgan fingerprint density at radius 1 is 0.830 bits per heavy atom. The van der Waals surface area contributed by atoms with Gasteiger partial charge < -0.3 is 19.1 Å². The fourth-order valence-electron chi connectivity index (χ4n) is 10.9. The first-order valence-corrected chi connectivity index (χ1v) is 18.6. The predicted octanol–water partition coefficient (Wildman–Crippen LogP) is 9.07. The Morgan fingerprint density at radius 2 is 1.79 bits per heavy atom. The predicted molar refractivity (Wildman–Crippen MR) is 186 cm³/mol. The van der Waals surface area contributed by atoms with E-state index in [0.717, 1.165) is 62.8 Å². The van der Waals surface area contributed by atoms with Crippen molar-refractivity contribution in [3.63, 3.8) is 0 Å². The summed E-state index contributed by atoms with van der Waals surface area (Å²) in [7, 11) is 0. The minimum Gasteiger partial charge on any atom is -0.458 e. The van der Waals surface area contributed by atoms with Gasteiger partial charge in [-0.3, -0.25) is 4.99 Å². The summed E-state index contributed by atoms with van der Waals surface area (Å²) in [5.41, 5.74) is 6.47. The summed E-state index contributed by atoms with van der Waals surface area (Å²) in [6.07, 6.45) is 38.1. The number of ether oxygens (including phenoxy) is 3. The van der Waals surface area contributed by atoms with Crippen molar-refractivity contribution in [3.8, 4) is 5.75 Å². The summed E-state index contributed by atoms with van der Waals surface area (Å²) in [5, 5.41) is 0. The number of nitrogens with zero attached hydrogens (tertiary/aromatic N) is 2. The van der Waals surface area contributed by atoms with Crippen LogP contribution < -0.4 is 9.64 Å². The van der Waals surface area contributed by atoms with Crippen molar-refractivity contribution in [2.24, 2.45) is 28.2 Å². The maximum atomic E-state index is 7.32. The number of aliphatic imine (C=N–C) groups is 1. The monoisotopic (exact) mass is 626 g/mol. The molecule has 47 heavy (non-hydrogen) atoms. The van der Waals surface area contributed by atoms with Crippen LogP contribution in [0.4, 0.5) is 5.69 Å². The van der Waals surface area contributed by atoms with Gasteiger partial charge in [0.1, 0.15) is 5.76 Å². The average Bonchev–Trinajstić information content (AvgIpc) is 3.13. The van der Waals surface area contributed by atoms with Crippen molar-refractivity contribution in [1.82, 2.24) is 0 Å². The van der Waals surface area contributed by atoms with E-state index in [0.29, 0.717) is 11.8 Å². The lowest BCUT2D eigenvalue weighted by molar-refractivity contribution is -0.201. The van der Waals surface area contributed by atoms with Crippen LogP contribution in [-0.2, 0) is 9.47 Å². The highest BCUT2D eigenvalue weighted by Gasteiger charge is 2.65. The smallest absolute Gasteiger partial charge is 0.150 e. The van der Waals surface area contributed by atoms with Crippen LogP contribution in [-0.4, -0.2) is 36.7 Å². The first-order chi connectivity index (χ1) is 23.3. The molecule has 0 radical (unpaired) electrons. The molecule has 1 aromatic rings. The van der Waals surface area contributed by atoms with Crippen LogP contribution in [0, 0.1) is 23.2 Å². The maximum Gasteiger partial charge on any atom is 0.150 e. The van der Waals surface area contributed by atoms with Crippen LogP contribution >= 0.6 is 0 Å². The SMILES string of the molecule is C1=CC2OC3C=C(C4=CCCC=N4)C=CC3C3(C4=CCCCC4OC4CC(N5C6=C(CCCC6)Oc6ccccc65)C=CC43)C2CC1. The second-order valence-corrected chi connectivity index (χ2v) is 15.1. The van der Waals surface area contributed by atoms with Crippen molar-refractivity contribution in [2.45, 2.75) is 108 Å². The highest BCUT2D eigenvalue weighted by atomic mass is 16.5. The normalized spacial score (nSPS) is 39.7. The van der Waals surface area contributed by atoms with Crippen molar-refractivity contribution in [1.29, 1.82) is 0 Å². The Hall–Kier alpha value is -3.41. The van der Waals surface area contributed by atoms with Crippen molar-refractivity contribution in [3.05, 3.63) is 107 Å². The molecule has 9 unspecified atom stereocenters. The number of hydrogen-bond donors (Lipinski definition) is 0. The summed E-state index contributed by atoms with van der Waals surface area (Å²) in [6, 6.07) is 8.91. The number of benzene rings is 1. The molecule has 0 bridgehead atoms. The number of hydrogen-bond acceptors (Lipinski definition) is 5. The van der Waals surface area contributed by atoms with E-state index < -0.39 is 0 Å². The number of anilines is 1. The lowest BCUT2D eigenvalue weighted by atomic mass is 9.46. The average molecular weight is 627 g/mol. The van der Waals surface area contributed by atoms with Crippen LogP contribution in [0.25, 0.3) is 0 Å². The molecular weight excluding hydrogens is 580 g/mol. The highest BCUT2D eigenvalue weighted by Crippen LogP contribution is 2.65. The summed E-state index contributed by atoms with van der Waals surface area (Å²) < 4.78 is 20.9. The molecule has 2 saturated heterocycles. The third-order valence-corrected chi connectivity index (χ3v) is 12.7. The summed E-state index contributed by atoms with van der Waals surface area (Å²) >= 11 is 0. The summed E-state index contributed by atoms with van der Waals surface area (Å²) in [6.45, 7) is 0. The first-order valence-electron chi connectivity index (χ1n) is 18.6. The largest absolute Gasteiger partial charge is 0.458 e. The molecule has 1 spiro atoms. The van der Waals surface area contributed by atoms with Gasteiger partial charge in [0, 0.05) is 29.9 Å². The molecule has 4 heterocycles. The van der Waals surface area contributed by atoms with E-state index in [-0.39, 0.29) is 41.8 Å². The molecule has 4 aliphatic heterocycles.